The molecule has 1 unspecified atom stereocenters. The summed E-state index contributed by atoms with van der Waals surface area (Å²) in [6, 6.07) is 10.6. The van der Waals surface area contributed by atoms with E-state index in [1.165, 1.54) is 11.3 Å². The van der Waals surface area contributed by atoms with Gasteiger partial charge in [0.2, 0.25) is 0 Å². The average Bonchev–Trinajstić information content (AvgIpc) is 3.36. The number of anilines is 1. The van der Waals surface area contributed by atoms with Gasteiger partial charge in [0.05, 0.1) is 40.6 Å². The first-order valence-electron chi connectivity index (χ1n) is 8.88. The van der Waals surface area contributed by atoms with Crippen LogP contribution in [0.3, 0.4) is 0 Å². The molecule has 0 aliphatic carbocycles. The van der Waals surface area contributed by atoms with Crippen molar-refractivity contribution in [3.05, 3.63) is 52.0 Å². The number of aromatic nitrogens is 1. The molecular weight excluding hydrogens is 419 g/mol. The van der Waals surface area contributed by atoms with Gasteiger partial charge in [0.25, 0.3) is 5.91 Å². The molecule has 5 nitrogen and oxygen atoms in total. The summed E-state index contributed by atoms with van der Waals surface area (Å²) in [5.41, 5.74) is 1.13. The molecule has 2 heterocycles. The Kier molecular flexibility index (Phi) is 5.73. The fourth-order valence-electron chi connectivity index (χ4n) is 3.18. The third-order valence-corrected chi connectivity index (χ3v) is 6.25. The van der Waals surface area contributed by atoms with E-state index in [2.05, 4.69) is 4.98 Å². The van der Waals surface area contributed by atoms with Crippen molar-refractivity contribution in [3.63, 3.8) is 0 Å². The number of carbonyl (C=O) groups excluding carboxylic acids is 1. The lowest BCUT2D eigenvalue weighted by molar-refractivity contribution is 0.0917. The van der Waals surface area contributed by atoms with Crippen molar-refractivity contribution in [2.75, 3.05) is 25.2 Å². The number of rotatable bonds is 5. The molecule has 1 amide bonds. The maximum atomic E-state index is 13.4. The second kappa shape index (κ2) is 8.25. The molecule has 1 fully saturated rings. The van der Waals surface area contributed by atoms with Crippen LogP contribution < -0.4 is 9.64 Å². The molecule has 2 aromatic carbocycles. The van der Waals surface area contributed by atoms with E-state index in [4.69, 9.17) is 32.7 Å². The second-order valence-electron chi connectivity index (χ2n) is 6.51. The van der Waals surface area contributed by atoms with Gasteiger partial charge in [-0.1, -0.05) is 34.5 Å². The zero-order valence-corrected chi connectivity index (χ0v) is 17.5. The number of carbonyl (C=O) groups is 1. The largest absolute Gasteiger partial charge is 0.497 e. The predicted molar refractivity (Wildman–Crippen MR) is 113 cm³/mol. The number of methoxy groups -OCH3 is 1. The summed E-state index contributed by atoms with van der Waals surface area (Å²) in [7, 11) is 1.61. The molecule has 8 heteroatoms. The van der Waals surface area contributed by atoms with Gasteiger partial charge in [0.15, 0.2) is 5.13 Å². The van der Waals surface area contributed by atoms with Crippen LogP contribution in [0.2, 0.25) is 10.0 Å². The first kappa shape index (κ1) is 19.5. The fraction of sp³-hybridized carbons (Fsp3) is 0.300. The Morgan fingerprint density at radius 3 is 2.93 bits per heavy atom. The van der Waals surface area contributed by atoms with Crippen LogP contribution in [0.1, 0.15) is 23.2 Å². The van der Waals surface area contributed by atoms with E-state index in [9.17, 15) is 4.79 Å². The Balaban J connectivity index is 1.74. The molecule has 0 saturated carbocycles. The number of benzene rings is 2. The number of thiazole rings is 1. The van der Waals surface area contributed by atoms with Crippen molar-refractivity contribution in [3.8, 4) is 5.75 Å². The molecule has 0 spiro atoms. The minimum Gasteiger partial charge on any atom is -0.497 e. The Labute approximate surface area is 176 Å². The molecule has 4 rings (SSSR count). The molecule has 1 aliphatic rings. The molecule has 1 aromatic heterocycles. The molecule has 146 valence electrons. The Morgan fingerprint density at radius 1 is 1.32 bits per heavy atom. The number of halogens is 2. The van der Waals surface area contributed by atoms with Gasteiger partial charge in [0, 0.05) is 17.7 Å². The lowest BCUT2D eigenvalue weighted by Gasteiger charge is -2.23. The quantitative estimate of drug-likeness (QED) is 0.534. The molecule has 28 heavy (non-hydrogen) atoms. The minimum atomic E-state index is -0.242. The van der Waals surface area contributed by atoms with E-state index >= 15 is 0 Å². The predicted octanol–water partition coefficient (Wildman–Crippen LogP) is 5.44. The third kappa shape index (κ3) is 3.96. The summed E-state index contributed by atoms with van der Waals surface area (Å²) < 4.78 is 12.0. The van der Waals surface area contributed by atoms with E-state index in [1.54, 1.807) is 30.2 Å². The number of ether oxygens (including phenoxy) is 2. The SMILES string of the molecule is COc1ccc2sc(N(CC3CCCO3)C(=O)c3cc(Cl)ccc3Cl)nc2c1. The lowest BCUT2D eigenvalue weighted by Crippen LogP contribution is -2.37. The van der Waals surface area contributed by atoms with Gasteiger partial charge in [-0.15, -0.1) is 0 Å². The van der Waals surface area contributed by atoms with Crippen LogP contribution in [0.15, 0.2) is 36.4 Å². The monoisotopic (exact) mass is 436 g/mol. The van der Waals surface area contributed by atoms with Crippen LogP contribution >= 0.6 is 34.5 Å². The maximum absolute atomic E-state index is 13.4. The van der Waals surface area contributed by atoms with Gasteiger partial charge in [-0.3, -0.25) is 9.69 Å². The van der Waals surface area contributed by atoms with Gasteiger partial charge in [-0.25, -0.2) is 4.98 Å². The summed E-state index contributed by atoms with van der Waals surface area (Å²) in [4.78, 5) is 19.7. The van der Waals surface area contributed by atoms with Gasteiger partial charge in [0.1, 0.15) is 5.75 Å². The van der Waals surface area contributed by atoms with E-state index in [0.717, 1.165) is 28.8 Å². The molecule has 3 aromatic rings. The van der Waals surface area contributed by atoms with Crippen LogP contribution in [0, 0.1) is 0 Å². The number of hydrogen-bond donors (Lipinski definition) is 0. The Bertz CT molecular complexity index is 1020. The van der Waals surface area contributed by atoms with E-state index in [0.29, 0.717) is 33.9 Å². The maximum Gasteiger partial charge on any atom is 0.261 e. The zero-order valence-electron chi connectivity index (χ0n) is 15.2. The second-order valence-corrected chi connectivity index (χ2v) is 8.36. The highest BCUT2D eigenvalue weighted by atomic mass is 35.5. The van der Waals surface area contributed by atoms with Gasteiger partial charge < -0.3 is 9.47 Å². The molecule has 0 radical (unpaired) electrons. The number of hydrogen-bond acceptors (Lipinski definition) is 5. The highest BCUT2D eigenvalue weighted by Crippen LogP contribution is 2.34. The summed E-state index contributed by atoms with van der Waals surface area (Å²) in [5, 5.41) is 1.41. The highest BCUT2D eigenvalue weighted by Gasteiger charge is 2.28. The fourth-order valence-corrected chi connectivity index (χ4v) is 4.51. The average molecular weight is 437 g/mol. The van der Waals surface area contributed by atoms with Crippen LogP contribution in [-0.4, -0.2) is 37.3 Å². The highest BCUT2D eigenvalue weighted by molar-refractivity contribution is 7.22. The van der Waals surface area contributed by atoms with Gasteiger partial charge >= 0.3 is 0 Å². The van der Waals surface area contributed by atoms with Crippen molar-refractivity contribution in [1.82, 2.24) is 4.98 Å². The molecule has 1 atom stereocenters. The molecule has 0 N–H and O–H groups in total. The standard InChI is InChI=1S/C20H18Cl2N2O3S/c1-26-13-5-7-18-17(10-13)23-20(28-18)24(11-14-3-2-8-27-14)19(25)15-9-12(21)4-6-16(15)22/h4-7,9-10,14H,2-3,8,11H2,1H3. The molecule has 1 aliphatic heterocycles. The Morgan fingerprint density at radius 2 is 2.18 bits per heavy atom. The van der Waals surface area contributed by atoms with Crippen LogP contribution in [0.25, 0.3) is 10.2 Å². The van der Waals surface area contributed by atoms with E-state index < -0.39 is 0 Å². The third-order valence-electron chi connectivity index (χ3n) is 4.63. The van der Waals surface area contributed by atoms with Crippen LogP contribution in [0.5, 0.6) is 5.75 Å². The van der Waals surface area contributed by atoms with Crippen molar-refractivity contribution >= 4 is 55.8 Å². The van der Waals surface area contributed by atoms with Gasteiger partial charge in [-0.2, -0.15) is 0 Å². The van der Waals surface area contributed by atoms with Crippen LogP contribution in [-0.2, 0) is 4.74 Å². The van der Waals surface area contributed by atoms with Crippen molar-refractivity contribution in [2.45, 2.75) is 18.9 Å². The van der Waals surface area contributed by atoms with Crippen molar-refractivity contribution in [1.29, 1.82) is 0 Å². The zero-order chi connectivity index (χ0) is 19.7. The number of fused-ring (bicyclic) bond motifs is 1. The summed E-state index contributed by atoms with van der Waals surface area (Å²) >= 11 is 13.8. The van der Waals surface area contributed by atoms with Crippen molar-refractivity contribution < 1.29 is 14.3 Å². The molecule has 0 bridgehead atoms. The Hall–Kier alpha value is -1.86. The number of amides is 1. The van der Waals surface area contributed by atoms with Crippen LogP contribution in [0.4, 0.5) is 5.13 Å². The summed E-state index contributed by atoms with van der Waals surface area (Å²) in [6.45, 7) is 1.13. The minimum absolute atomic E-state index is 0.0246. The summed E-state index contributed by atoms with van der Waals surface area (Å²) in [5.74, 6) is 0.480. The lowest BCUT2D eigenvalue weighted by atomic mass is 10.1. The smallest absolute Gasteiger partial charge is 0.261 e. The van der Waals surface area contributed by atoms with E-state index in [-0.39, 0.29) is 12.0 Å². The molecular formula is C20H18Cl2N2O3S. The number of nitrogens with zero attached hydrogens (tertiary/aromatic N) is 2. The first-order valence-corrected chi connectivity index (χ1v) is 10.5. The topological polar surface area (TPSA) is 51.7 Å². The van der Waals surface area contributed by atoms with Gasteiger partial charge in [-0.05, 0) is 43.2 Å². The molecule has 1 saturated heterocycles. The van der Waals surface area contributed by atoms with E-state index in [1.807, 2.05) is 18.2 Å². The van der Waals surface area contributed by atoms with Crippen molar-refractivity contribution in [2.24, 2.45) is 0 Å². The normalized spacial score (nSPS) is 16.5. The first-order chi connectivity index (χ1) is 13.5. The summed E-state index contributed by atoms with van der Waals surface area (Å²) in [6.07, 6.45) is 1.87.